The molecule has 0 saturated heterocycles. The van der Waals surface area contributed by atoms with Crippen molar-refractivity contribution >= 4 is 0 Å². The Morgan fingerprint density at radius 2 is 1.89 bits per heavy atom. The van der Waals surface area contributed by atoms with Crippen LogP contribution in [-0.4, -0.2) is 22.1 Å². The number of benzene rings is 1. The molecule has 0 radical (unpaired) electrons. The summed E-state index contributed by atoms with van der Waals surface area (Å²) in [6.07, 6.45) is 5.65. The maximum atomic E-state index is 4.06. The van der Waals surface area contributed by atoms with Crippen molar-refractivity contribution in [1.82, 2.24) is 14.9 Å². The van der Waals surface area contributed by atoms with Gasteiger partial charge in [-0.15, -0.1) is 0 Å². The second kappa shape index (κ2) is 6.53. The minimum Gasteiger partial charge on any atom is -0.333 e. The normalized spacial score (nSPS) is 12.8. The van der Waals surface area contributed by atoms with Crippen LogP contribution in [0.2, 0.25) is 0 Å². The van der Waals surface area contributed by atoms with Gasteiger partial charge in [-0.05, 0) is 17.0 Å². The average Bonchev–Trinajstić information content (AvgIpc) is 2.89. The zero-order valence-electron chi connectivity index (χ0n) is 12.0. The van der Waals surface area contributed by atoms with E-state index in [-0.39, 0.29) is 0 Å². The van der Waals surface area contributed by atoms with Gasteiger partial charge in [-0.3, -0.25) is 0 Å². The van der Waals surface area contributed by atoms with E-state index in [2.05, 4.69) is 59.9 Å². The zero-order chi connectivity index (χ0) is 13.7. The summed E-state index contributed by atoms with van der Waals surface area (Å²) >= 11 is 0. The van der Waals surface area contributed by atoms with E-state index >= 15 is 0 Å². The fourth-order valence-corrected chi connectivity index (χ4v) is 2.07. The summed E-state index contributed by atoms with van der Waals surface area (Å²) in [4.78, 5) is 4.06. The molecule has 1 atom stereocenters. The number of hydrogen-bond donors (Lipinski definition) is 1. The quantitative estimate of drug-likeness (QED) is 0.862. The molecule has 0 bridgehead atoms. The molecule has 2 aromatic rings. The lowest BCUT2D eigenvalue weighted by Crippen LogP contribution is -2.26. The van der Waals surface area contributed by atoms with Crippen molar-refractivity contribution in [3.63, 3.8) is 0 Å². The summed E-state index contributed by atoms with van der Waals surface area (Å²) in [5.74, 6) is 0.546. The van der Waals surface area contributed by atoms with E-state index in [1.165, 1.54) is 11.1 Å². The molecular weight excluding hydrogens is 234 g/mol. The number of aromatic nitrogens is 2. The Hall–Kier alpha value is -1.61. The fraction of sp³-hybridized carbons (Fsp3) is 0.438. The van der Waals surface area contributed by atoms with Gasteiger partial charge in [0.2, 0.25) is 0 Å². The summed E-state index contributed by atoms with van der Waals surface area (Å²) in [5, 5.41) is 3.48. The summed E-state index contributed by atoms with van der Waals surface area (Å²) in [5.41, 5.74) is 2.70. The van der Waals surface area contributed by atoms with Crippen molar-refractivity contribution in [1.29, 1.82) is 0 Å². The van der Waals surface area contributed by atoms with Gasteiger partial charge in [0, 0.05) is 31.5 Å². The first-order chi connectivity index (χ1) is 9.15. The number of imidazole rings is 1. The Morgan fingerprint density at radius 3 is 2.47 bits per heavy atom. The highest BCUT2D eigenvalue weighted by Crippen LogP contribution is 2.15. The van der Waals surface area contributed by atoms with Crippen molar-refractivity contribution in [3.8, 4) is 0 Å². The van der Waals surface area contributed by atoms with Gasteiger partial charge >= 0.3 is 0 Å². The van der Waals surface area contributed by atoms with Crippen LogP contribution in [0.25, 0.3) is 0 Å². The Balaban J connectivity index is 1.94. The molecule has 19 heavy (non-hydrogen) atoms. The topological polar surface area (TPSA) is 29.9 Å². The van der Waals surface area contributed by atoms with Crippen LogP contribution in [0.3, 0.4) is 0 Å². The predicted molar refractivity (Wildman–Crippen MR) is 79.3 cm³/mol. The highest BCUT2D eigenvalue weighted by atomic mass is 15.0. The van der Waals surface area contributed by atoms with E-state index in [1.54, 1.807) is 0 Å². The van der Waals surface area contributed by atoms with Crippen LogP contribution in [0.4, 0.5) is 0 Å². The lowest BCUT2D eigenvalue weighted by molar-refractivity contribution is 0.548. The summed E-state index contributed by atoms with van der Waals surface area (Å²) < 4.78 is 2.08. The van der Waals surface area contributed by atoms with Gasteiger partial charge in [0.15, 0.2) is 0 Å². The molecular formula is C16H23N3. The largest absolute Gasteiger partial charge is 0.333 e. The molecule has 3 heteroatoms. The molecule has 0 aliphatic rings. The Bertz CT molecular complexity index is 471. The molecule has 1 N–H and O–H groups in total. The van der Waals surface area contributed by atoms with E-state index in [9.17, 15) is 0 Å². The molecule has 0 spiro atoms. The Kier molecular flexibility index (Phi) is 4.74. The van der Waals surface area contributed by atoms with Crippen LogP contribution in [-0.2, 0) is 6.54 Å². The second-order valence-corrected chi connectivity index (χ2v) is 5.44. The van der Waals surface area contributed by atoms with Crippen molar-refractivity contribution in [2.45, 2.75) is 39.3 Å². The van der Waals surface area contributed by atoms with Crippen molar-refractivity contribution in [2.75, 3.05) is 6.54 Å². The van der Waals surface area contributed by atoms with Crippen LogP contribution in [0.15, 0.2) is 43.0 Å². The maximum Gasteiger partial charge on any atom is 0.0949 e. The average molecular weight is 257 g/mol. The highest BCUT2D eigenvalue weighted by Gasteiger charge is 2.06. The number of nitrogens with one attached hydrogen (secondary N) is 1. The van der Waals surface area contributed by atoms with Gasteiger partial charge in [0.25, 0.3) is 0 Å². The fourth-order valence-electron chi connectivity index (χ4n) is 2.07. The second-order valence-electron chi connectivity index (χ2n) is 5.44. The third-order valence-electron chi connectivity index (χ3n) is 3.31. The SMILES string of the molecule is CC(C)NCC(C)c1ccc(Cn2ccnc2)cc1. The van der Waals surface area contributed by atoms with Gasteiger partial charge in [-0.25, -0.2) is 4.98 Å². The van der Waals surface area contributed by atoms with Gasteiger partial charge in [0.1, 0.15) is 0 Å². The van der Waals surface area contributed by atoms with Crippen molar-refractivity contribution < 1.29 is 0 Å². The zero-order valence-corrected chi connectivity index (χ0v) is 12.0. The van der Waals surface area contributed by atoms with Crippen molar-refractivity contribution in [3.05, 3.63) is 54.1 Å². The number of nitrogens with zero attached hydrogens (tertiary/aromatic N) is 2. The molecule has 1 aromatic carbocycles. The van der Waals surface area contributed by atoms with Crippen molar-refractivity contribution in [2.24, 2.45) is 0 Å². The van der Waals surface area contributed by atoms with E-state index in [4.69, 9.17) is 0 Å². The van der Waals surface area contributed by atoms with E-state index < -0.39 is 0 Å². The van der Waals surface area contributed by atoms with E-state index in [1.807, 2.05) is 18.7 Å². The van der Waals surface area contributed by atoms with Gasteiger partial charge < -0.3 is 9.88 Å². The molecule has 102 valence electrons. The molecule has 3 nitrogen and oxygen atoms in total. The highest BCUT2D eigenvalue weighted by molar-refractivity contribution is 5.25. The molecule has 0 aliphatic carbocycles. The third-order valence-corrected chi connectivity index (χ3v) is 3.31. The van der Waals surface area contributed by atoms with E-state index in [0.29, 0.717) is 12.0 Å². The number of rotatable bonds is 6. The maximum absolute atomic E-state index is 4.06. The van der Waals surface area contributed by atoms with Gasteiger partial charge in [0.05, 0.1) is 6.33 Å². The minimum absolute atomic E-state index is 0.544. The number of hydrogen-bond acceptors (Lipinski definition) is 2. The van der Waals surface area contributed by atoms with Gasteiger partial charge in [-0.1, -0.05) is 45.0 Å². The Morgan fingerprint density at radius 1 is 1.16 bits per heavy atom. The smallest absolute Gasteiger partial charge is 0.0949 e. The van der Waals surface area contributed by atoms with Gasteiger partial charge in [-0.2, -0.15) is 0 Å². The lowest BCUT2D eigenvalue weighted by atomic mass is 9.99. The first kappa shape index (κ1) is 13.8. The molecule has 0 fully saturated rings. The van der Waals surface area contributed by atoms with Crippen LogP contribution >= 0.6 is 0 Å². The molecule has 0 saturated carbocycles. The Labute approximate surface area is 115 Å². The molecule has 1 heterocycles. The molecule has 0 amide bonds. The molecule has 2 rings (SSSR count). The summed E-state index contributed by atoms with van der Waals surface area (Å²) in [6, 6.07) is 9.43. The predicted octanol–water partition coefficient (Wildman–Crippen LogP) is 3.03. The molecule has 0 aliphatic heterocycles. The first-order valence-corrected chi connectivity index (χ1v) is 6.93. The third kappa shape index (κ3) is 4.21. The summed E-state index contributed by atoms with van der Waals surface area (Å²) in [6.45, 7) is 8.54. The molecule has 1 unspecified atom stereocenters. The van der Waals surface area contributed by atoms with Crippen LogP contribution < -0.4 is 5.32 Å². The minimum atomic E-state index is 0.544. The monoisotopic (exact) mass is 257 g/mol. The lowest BCUT2D eigenvalue weighted by Gasteiger charge is -2.15. The van der Waals surface area contributed by atoms with Crippen LogP contribution in [0.5, 0.6) is 0 Å². The summed E-state index contributed by atoms with van der Waals surface area (Å²) in [7, 11) is 0. The van der Waals surface area contributed by atoms with Crippen LogP contribution in [0, 0.1) is 0 Å². The van der Waals surface area contributed by atoms with Crippen LogP contribution in [0.1, 0.15) is 37.8 Å². The standard InChI is InChI=1S/C16H23N3/c1-13(2)18-10-14(3)16-6-4-15(5-7-16)11-19-9-8-17-12-19/h4-9,12-14,18H,10-11H2,1-3H3. The molecule has 1 aromatic heterocycles. The first-order valence-electron chi connectivity index (χ1n) is 6.93. The van der Waals surface area contributed by atoms with E-state index in [0.717, 1.165) is 13.1 Å².